The van der Waals surface area contributed by atoms with Crippen LogP contribution in [0.1, 0.15) is 32.7 Å². The van der Waals surface area contributed by atoms with Crippen molar-refractivity contribution in [3.63, 3.8) is 0 Å². The topological polar surface area (TPSA) is 22.0 Å². The number of halogens is 1. The molecule has 1 rings (SSSR count). The Hall–Kier alpha value is -0.570. The zero-order valence-corrected chi connectivity index (χ0v) is 9.54. The third-order valence-corrected chi connectivity index (χ3v) is 2.71. The summed E-state index contributed by atoms with van der Waals surface area (Å²) < 4.78 is 2.75. The molecule has 0 fully saturated rings. The maximum atomic E-state index is 11.5. The van der Waals surface area contributed by atoms with Gasteiger partial charge in [-0.1, -0.05) is 13.8 Å². The predicted octanol–water partition coefficient (Wildman–Crippen LogP) is 2.97. The SMILES string of the molecule is CCC(CC)n1cc(Br)ccc1=O. The van der Waals surface area contributed by atoms with Crippen molar-refractivity contribution >= 4 is 15.9 Å². The lowest BCUT2D eigenvalue weighted by Crippen LogP contribution is -2.22. The largest absolute Gasteiger partial charge is 0.311 e. The van der Waals surface area contributed by atoms with Gasteiger partial charge in [-0.15, -0.1) is 0 Å². The van der Waals surface area contributed by atoms with Gasteiger partial charge in [-0.3, -0.25) is 4.79 Å². The molecule has 0 amide bonds. The van der Waals surface area contributed by atoms with Gasteiger partial charge in [-0.05, 0) is 34.8 Å². The standard InChI is InChI=1S/C10H14BrNO/c1-3-9(4-2)12-7-8(11)5-6-10(12)13/h5-7,9H,3-4H2,1-2H3. The molecule has 0 radical (unpaired) electrons. The molecular formula is C10H14BrNO. The van der Waals surface area contributed by atoms with E-state index in [0.717, 1.165) is 17.3 Å². The molecule has 0 aliphatic heterocycles. The lowest BCUT2D eigenvalue weighted by molar-refractivity contribution is 0.457. The number of nitrogens with zero attached hydrogens (tertiary/aromatic N) is 1. The molecule has 1 aromatic rings. The van der Waals surface area contributed by atoms with E-state index in [2.05, 4.69) is 29.8 Å². The van der Waals surface area contributed by atoms with Crippen molar-refractivity contribution in [2.24, 2.45) is 0 Å². The van der Waals surface area contributed by atoms with E-state index in [9.17, 15) is 4.79 Å². The molecule has 2 nitrogen and oxygen atoms in total. The number of aromatic nitrogens is 1. The van der Waals surface area contributed by atoms with Crippen molar-refractivity contribution in [1.82, 2.24) is 4.57 Å². The van der Waals surface area contributed by atoms with Crippen LogP contribution < -0.4 is 5.56 Å². The van der Waals surface area contributed by atoms with Crippen LogP contribution in [0.2, 0.25) is 0 Å². The molecule has 0 aromatic carbocycles. The fourth-order valence-corrected chi connectivity index (χ4v) is 1.80. The molecule has 0 bridgehead atoms. The molecule has 0 saturated carbocycles. The Bertz CT molecular complexity index is 328. The second-order valence-electron chi connectivity index (χ2n) is 3.06. The van der Waals surface area contributed by atoms with Crippen molar-refractivity contribution in [3.05, 3.63) is 33.2 Å². The van der Waals surface area contributed by atoms with Gasteiger partial charge in [0.15, 0.2) is 0 Å². The van der Waals surface area contributed by atoms with Crippen LogP contribution in [0.15, 0.2) is 27.6 Å². The van der Waals surface area contributed by atoms with Gasteiger partial charge in [-0.2, -0.15) is 0 Å². The molecule has 0 atom stereocenters. The molecule has 0 saturated heterocycles. The van der Waals surface area contributed by atoms with E-state index in [0.29, 0.717) is 6.04 Å². The highest BCUT2D eigenvalue weighted by Gasteiger charge is 2.07. The molecule has 3 heteroatoms. The lowest BCUT2D eigenvalue weighted by Gasteiger charge is -2.15. The van der Waals surface area contributed by atoms with Gasteiger partial charge in [0.1, 0.15) is 0 Å². The highest BCUT2D eigenvalue weighted by atomic mass is 79.9. The Morgan fingerprint density at radius 3 is 2.54 bits per heavy atom. The minimum absolute atomic E-state index is 0.0805. The quantitative estimate of drug-likeness (QED) is 0.801. The van der Waals surface area contributed by atoms with Gasteiger partial charge in [-0.25, -0.2) is 0 Å². The minimum atomic E-state index is 0.0805. The van der Waals surface area contributed by atoms with Crippen molar-refractivity contribution in [2.45, 2.75) is 32.7 Å². The van der Waals surface area contributed by atoms with Crippen molar-refractivity contribution in [2.75, 3.05) is 0 Å². The molecule has 0 aliphatic carbocycles. The fraction of sp³-hybridized carbons (Fsp3) is 0.500. The number of pyridine rings is 1. The number of hydrogen-bond acceptors (Lipinski definition) is 1. The summed E-state index contributed by atoms with van der Waals surface area (Å²) in [5, 5.41) is 0. The monoisotopic (exact) mass is 243 g/mol. The number of rotatable bonds is 3. The van der Waals surface area contributed by atoms with E-state index in [1.54, 1.807) is 16.7 Å². The van der Waals surface area contributed by atoms with Crippen molar-refractivity contribution in [3.8, 4) is 0 Å². The molecular weight excluding hydrogens is 230 g/mol. The van der Waals surface area contributed by atoms with Gasteiger partial charge in [0.05, 0.1) is 0 Å². The lowest BCUT2D eigenvalue weighted by atomic mass is 10.1. The van der Waals surface area contributed by atoms with E-state index in [-0.39, 0.29) is 5.56 Å². The highest BCUT2D eigenvalue weighted by Crippen LogP contribution is 2.15. The Morgan fingerprint density at radius 1 is 1.38 bits per heavy atom. The van der Waals surface area contributed by atoms with Crippen LogP contribution in [-0.4, -0.2) is 4.57 Å². The summed E-state index contributed by atoms with van der Waals surface area (Å²) in [5.74, 6) is 0. The van der Waals surface area contributed by atoms with Gasteiger partial charge in [0, 0.05) is 22.8 Å². The van der Waals surface area contributed by atoms with Crippen molar-refractivity contribution in [1.29, 1.82) is 0 Å². The van der Waals surface area contributed by atoms with Crippen LogP contribution in [0, 0.1) is 0 Å². The Balaban J connectivity index is 3.11. The third kappa shape index (κ3) is 2.44. The molecule has 0 unspecified atom stereocenters. The first-order valence-corrected chi connectivity index (χ1v) is 5.36. The molecule has 1 heterocycles. The maximum absolute atomic E-state index is 11.5. The summed E-state index contributed by atoms with van der Waals surface area (Å²) in [5.41, 5.74) is 0.0805. The molecule has 13 heavy (non-hydrogen) atoms. The van der Waals surface area contributed by atoms with Crippen LogP contribution in [0.25, 0.3) is 0 Å². The summed E-state index contributed by atoms with van der Waals surface area (Å²) >= 11 is 3.36. The Kier molecular flexibility index (Phi) is 3.72. The normalized spacial score (nSPS) is 10.8. The van der Waals surface area contributed by atoms with Crippen LogP contribution in [-0.2, 0) is 0 Å². The van der Waals surface area contributed by atoms with Gasteiger partial charge >= 0.3 is 0 Å². The second kappa shape index (κ2) is 4.61. The van der Waals surface area contributed by atoms with Crippen LogP contribution >= 0.6 is 15.9 Å². The van der Waals surface area contributed by atoms with Crippen LogP contribution in [0.5, 0.6) is 0 Å². The zero-order chi connectivity index (χ0) is 9.84. The molecule has 1 aromatic heterocycles. The molecule has 0 aliphatic rings. The summed E-state index contributed by atoms with van der Waals surface area (Å²) in [7, 11) is 0. The summed E-state index contributed by atoms with van der Waals surface area (Å²) in [6.07, 6.45) is 3.85. The first kappa shape index (κ1) is 10.5. The summed E-state index contributed by atoms with van der Waals surface area (Å²) in [6, 6.07) is 3.70. The van der Waals surface area contributed by atoms with E-state index in [4.69, 9.17) is 0 Å². The molecule has 0 spiro atoms. The van der Waals surface area contributed by atoms with E-state index >= 15 is 0 Å². The smallest absolute Gasteiger partial charge is 0.250 e. The molecule has 0 N–H and O–H groups in total. The maximum Gasteiger partial charge on any atom is 0.250 e. The predicted molar refractivity (Wildman–Crippen MR) is 58.0 cm³/mol. The van der Waals surface area contributed by atoms with Gasteiger partial charge < -0.3 is 4.57 Å². The molecule has 72 valence electrons. The summed E-state index contributed by atoms with van der Waals surface area (Å²) in [4.78, 5) is 11.5. The van der Waals surface area contributed by atoms with E-state index in [1.165, 1.54) is 0 Å². The van der Waals surface area contributed by atoms with E-state index < -0.39 is 0 Å². The summed E-state index contributed by atoms with van der Waals surface area (Å²) in [6.45, 7) is 4.20. The minimum Gasteiger partial charge on any atom is -0.311 e. The number of hydrogen-bond donors (Lipinski definition) is 0. The Labute approximate surface area is 86.7 Å². The highest BCUT2D eigenvalue weighted by molar-refractivity contribution is 9.10. The first-order valence-electron chi connectivity index (χ1n) is 4.56. The zero-order valence-electron chi connectivity index (χ0n) is 7.96. The second-order valence-corrected chi connectivity index (χ2v) is 3.98. The average Bonchev–Trinajstić information content (AvgIpc) is 2.13. The van der Waals surface area contributed by atoms with Crippen LogP contribution in [0.4, 0.5) is 0 Å². The fourth-order valence-electron chi connectivity index (χ4n) is 1.44. The van der Waals surface area contributed by atoms with E-state index in [1.807, 2.05) is 6.20 Å². The van der Waals surface area contributed by atoms with Crippen LogP contribution in [0.3, 0.4) is 0 Å². The van der Waals surface area contributed by atoms with Gasteiger partial charge in [0.2, 0.25) is 0 Å². The van der Waals surface area contributed by atoms with Gasteiger partial charge in [0.25, 0.3) is 5.56 Å². The average molecular weight is 244 g/mol. The third-order valence-electron chi connectivity index (χ3n) is 2.24. The first-order chi connectivity index (χ1) is 6.19. The Morgan fingerprint density at radius 2 is 2.00 bits per heavy atom. The van der Waals surface area contributed by atoms with Crippen molar-refractivity contribution < 1.29 is 0 Å².